The number of benzene rings is 2. The molecule has 0 aliphatic carbocycles. The van der Waals surface area contributed by atoms with Gasteiger partial charge in [-0.15, -0.1) is 0 Å². The number of hydrogen-bond acceptors (Lipinski definition) is 8. The van der Waals surface area contributed by atoms with Gasteiger partial charge in [-0.25, -0.2) is 14.4 Å². The van der Waals surface area contributed by atoms with Crippen LogP contribution in [-0.2, 0) is 22.7 Å². The molecule has 1 aliphatic rings. The van der Waals surface area contributed by atoms with Crippen LogP contribution in [-0.4, -0.2) is 47.6 Å². The fraction of sp³-hybridized carbons (Fsp3) is 0.185. The topological polar surface area (TPSA) is 145 Å². The molecule has 0 saturated carbocycles. The number of halogens is 2. The lowest BCUT2D eigenvalue weighted by molar-refractivity contribution is -0.123. The fourth-order valence-corrected chi connectivity index (χ4v) is 4.65. The summed E-state index contributed by atoms with van der Waals surface area (Å²) in [6.07, 6.45) is 1.49. The highest BCUT2D eigenvalue weighted by Gasteiger charge is 2.35. The zero-order chi connectivity index (χ0) is 29.0. The maximum atomic E-state index is 13.0. The van der Waals surface area contributed by atoms with E-state index in [1.54, 1.807) is 25.1 Å². The van der Waals surface area contributed by atoms with Gasteiger partial charge in [0, 0.05) is 4.47 Å². The standard InChI is InChI=1S/C27H22Br2N2O9/c1-3-38-20-11-16(21(28)22(29)23(20)39-13-14-4-6-15(7-5-14)25(33)34)10-18-24(32)31(27(36)30-18)12-17-8-9-19(40-17)26(35)37-2/h4-11H,3,12-13H2,1-2H3,(H,30,36)(H,33,34)/b18-10-. The van der Waals surface area contributed by atoms with Crippen LogP contribution in [0.25, 0.3) is 6.08 Å². The molecule has 2 N–H and O–H groups in total. The Balaban J connectivity index is 1.56. The van der Waals surface area contributed by atoms with Crippen molar-refractivity contribution in [2.24, 2.45) is 0 Å². The number of amides is 3. The first-order valence-corrected chi connectivity index (χ1v) is 13.3. The van der Waals surface area contributed by atoms with Crippen molar-refractivity contribution in [3.05, 3.63) is 85.3 Å². The zero-order valence-corrected chi connectivity index (χ0v) is 24.3. The van der Waals surface area contributed by atoms with Gasteiger partial charge in [0.05, 0.1) is 30.3 Å². The van der Waals surface area contributed by atoms with E-state index in [2.05, 4.69) is 41.9 Å². The Hall–Kier alpha value is -4.10. The number of carboxylic acid groups (broad SMARTS) is 1. The van der Waals surface area contributed by atoms with Crippen LogP contribution in [0.3, 0.4) is 0 Å². The summed E-state index contributed by atoms with van der Waals surface area (Å²) in [6.45, 7) is 2.09. The van der Waals surface area contributed by atoms with Gasteiger partial charge < -0.3 is 29.1 Å². The first-order valence-electron chi connectivity index (χ1n) is 11.7. The molecule has 1 saturated heterocycles. The van der Waals surface area contributed by atoms with Gasteiger partial charge in [0.25, 0.3) is 5.91 Å². The van der Waals surface area contributed by atoms with Gasteiger partial charge in [-0.3, -0.25) is 9.69 Å². The predicted molar refractivity (Wildman–Crippen MR) is 148 cm³/mol. The summed E-state index contributed by atoms with van der Waals surface area (Å²) >= 11 is 7.03. The van der Waals surface area contributed by atoms with Gasteiger partial charge in [-0.05, 0) is 86.3 Å². The summed E-state index contributed by atoms with van der Waals surface area (Å²) in [4.78, 5) is 49.3. The van der Waals surface area contributed by atoms with E-state index in [-0.39, 0.29) is 35.9 Å². The van der Waals surface area contributed by atoms with E-state index in [4.69, 9.17) is 19.0 Å². The number of ether oxygens (including phenoxy) is 3. The summed E-state index contributed by atoms with van der Waals surface area (Å²) in [5, 5.41) is 11.6. The molecule has 11 nitrogen and oxygen atoms in total. The number of nitrogens with one attached hydrogen (secondary N) is 1. The SMILES string of the molecule is CCOc1cc(/C=C2\NC(=O)N(Cc3ccc(C(=O)OC)o3)C2=O)c(Br)c(Br)c1OCc1ccc(C(=O)O)cc1. The van der Waals surface area contributed by atoms with Gasteiger partial charge in [0.1, 0.15) is 18.1 Å². The van der Waals surface area contributed by atoms with Crippen LogP contribution in [0.1, 0.15) is 44.7 Å². The number of urea groups is 1. The lowest BCUT2D eigenvalue weighted by Crippen LogP contribution is -2.30. The van der Waals surface area contributed by atoms with E-state index in [1.807, 2.05) is 0 Å². The van der Waals surface area contributed by atoms with E-state index >= 15 is 0 Å². The van der Waals surface area contributed by atoms with Crippen molar-refractivity contribution in [3.63, 3.8) is 0 Å². The number of carboxylic acids is 1. The van der Waals surface area contributed by atoms with E-state index in [0.717, 1.165) is 10.5 Å². The van der Waals surface area contributed by atoms with Gasteiger partial charge in [0.2, 0.25) is 5.76 Å². The van der Waals surface area contributed by atoms with Gasteiger partial charge >= 0.3 is 18.0 Å². The van der Waals surface area contributed by atoms with E-state index in [0.29, 0.717) is 32.6 Å². The Morgan fingerprint density at radius 3 is 2.45 bits per heavy atom. The fourth-order valence-electron chi connectivity index (χ4n) is 3.71. The van der Waals surface area contributed by atoms with Crippen LogP contribution in [0.4, 0.5) is 4.79 Å². The minimum Gasteiger partial charge on any atom is -0.490 e. The summed E-state index contributed by atoms with van der Waals surface area (Å²) < 4.78 is 22.8. The molecule has 0 spiro atoms. The van der Waals surface area contributed by atoms with Gasteiger partial charge in [-0.2, -0.15) is 0 Å². The quantitative estimate of drug-likeness (QED) is 0.165. The molecule has 0 unspecified atom stereocenters. The van der Waals surface area contributed by atoms with Crippen molar-refractivity contribution in [3.8, 4) is 11.5 Å². The third kappa shape index (κ3) is 6.20. The molecule has 3 aromatic rings. The van der Waals surface area contributed by atoms with Crippen molar-refractivity contribution in [2.75, 3.05) is 13.7 Å². The third-order valence-electron chi connectivity index (χ3n) is 5.66. The smallest absolute Gasteiger partial charge is 0.373 e. The minimum absolute atomic E-state index is 0.0204. The lowest BCUT2D eigenvalue weighted by Gasteiger charge is -2.17. The maximum absolute atomic E-state index is 13.0. The Kier molecular flexibility index (Phi) is 8.95. The molecule has 13 heteroatoms. The van der Waals surface area contributed by atoms with Crippen LogP contribution in [0.15, 0.2) is 61.5 Å². The van der Waals surface area contributed by atoms with Crippen LogP contribution >= 0.6 is 31.9 Å². The van der Waals surface area contributed by atoms with Crippen molar-refractivity contribution in [2.45, 2.75) is 20.1 Å². The normalized spacial score (nSPS) is 13.9. The maximum Gasteiger partial charge on any atom is 0.373 e. The number of rotatable bonds is 10. The molecule has 0 radical (unpaired) electrons. The number of carbonyl (C=O) groups excluding carboxylic acids is 3. The highest BCUT2D eigenvalue weighted by molar-refractivity contribution is 9.13. The number of nitrogens with zero attached hydrogens (tertiary/aromatic N) is 1. The second-order valence-corrected chi connectivity index (χ2v) is 9.87. The molecule has 1 fully saturated rings. The molecular formula is C27H22Br2N2O9. The summed E-state index contributed by atoms with van der Waals surface area (Å²) in [5.74, 6) is -1.33. The predicted octanol–water partition coefficient (Wildman–Crippen LogP) is 5.36. The molecule has 0 bridgehead atoms. The molecule has 0 atom stereocenters. The summed E-state index contributed by atoms with van der Waals surface area (Å²) in [7, 11) is 1.22. The number of hydrogen-bond donors (Lipinski definition) is 2. The highest BCUT2D eigenvalue weighted by atomic mass is 79.9. The number of furan rings is 1. The monoisotopic (exact) mass is 676 g/mol. The van der Waals surface area contributed by atoms with E-state index in [1.165, 1.54) is 37.5 Å². The van der Waals surface area contributed by atoms with Crippen LogP contribution in [0.5, 0.6) is 11.5 Å². The van der Waals surface area contributed by atoms with Crippen molar-refractivity contribution < 1.29 is 42.9 Å². The first kappa shape index (κ1) is 28.9. The summed E-state index contributed by atoms with van der Waals surface area (Å²) in [5.41, 5.74) is 1.45. The second kappa shape index (κ2) is 12.4. The highest BCUT2D eigenvalue weighted by Crippen LogP contribution is 2.44. The van der Waals surface area contributed by atoms with E-state index < -0.39 is 23.9 Å². The third-order valence-corrected chi connectivity index (χ3v) is 7.81. The molecular weight excluding hydrogens is 656 g/mol. The average molecular weight is 678 g/mol. The minimum atomic E-state index is -1.02. The Morgan fingerprint density at radius 1 is 1.07 bits per heavy atom. The van der Waals surface area contributed by atoms with Crippen LogP contribution in [0, 0.1) is 0 Å². The number of carbonyl (C=O) groups is 4. The Morgan fingerprint density at radius 2 is 1.80 bits per heavy atom. The van der Waals surface area contributed by atoms with Crippen LogP contribution in [0.2, 0.25) is 0 Å². The first-order chi connectivity index (χ1) is 19.1. The lowest BCUT2D eigenvalue weighted by atomic mass is 10.1. The number of methoxy groups -OCH3 is 1. The molecule has 208 valence electrons. The largest absolute Gasteiger partial charge is 0.490 e. The molecule has 1 aromatic heterocycles. The van der Waals surface area contributed by atoms with Gasteiger partial charge in [-0.1, -0.05) is 12.1 Å². The molecule has 40 heavy (non-hydrogen) atoms. The number of esters is 1. The van der Waals surface area contributed by atoms with Crippen LogP contribution < -0.4 is 14.8 Å². The number of aromatic carboxylic acids is 1. The molecule has 3 amide bonds. The number of imide groups is 1. The van der Waals surface area contributed by atoms with Crippen molar-refractivity contribution in [1.82, 2.24) is 10.2 Å². The zero-order valence-electron chi connectivity index (χ0n) is 21.2. The molecule has 2 aromatic carbocycles. The molecule has 4 rings (SSSR count). The van der Waals surface area contributed by atoms with Crippen molar-refractivity contribution in [1.29, 1.82) is 0 Å². The van der Waals surface area contributed by atoms with Gasteiger partial charge in [0.15, 0.2) is 11.5 Å². The Bertz CT molecular complexity index is 1510. The average Bonchev–Trinajstić information content (AvgIpc) is 3.51. The second-order valence-electron chi connectivity index (χ2n) is 8.28. The summed E-state index contributed by atoms with van der Waals surface area (Å²) in [6, 6.07) is 10.2. The van der Waals surface area contributed by atoms with Crippen molar-refractivity contribution >= 4 is 61.8 Å². The van der Waals surface area contributed by atoms with E-state index in [9.17, 15) is 19.2 Å². The molecule has 1 aliphatic heterocycles. The Labute approximate surface area is 244 Å². The molecule has 2 heterocycles.